The molecule has 0 unspecified atom stereocenters. The number of carbonyl (C=O) groups is 1. The number of hydrogen-bond acceptors (Lipinski definition) is 2. The molecule has 1 aromatic rings. The van der Waals surface area contributed by atoms with Gasteiger partial charge in [-0.25, -0.2) is 0 Å². The lowest BCUT2D eigenvalue weighted by atomic mass is 10.2. The monoisotopic (exact) mass is 355 g/mol. The zero-order valence-electron chi connectivity index (χ0n) is 5.61. The van der Waals surface area contributed by atoms with Crippen LogP contribution in [0, 0.1) is 0 Å². The van der Waals surface area contributed by atoms with Crippen LogP contribution >= 0.6 is 47.8 Å². The van der Waals surface area contributed by atoms with Gasteiger partial charge in [0, 0.05) is 19.0 Å². The number of aromatic carboxylic acids is 1. The predicted octanol–water partition coefficient (Wildman–Crippen LogP) is 2.34. The number of rotatable bonds is 1. The van der Waals surface area contributed by atoms with Crippen LogP contribution in [0.15, 0.2) is 25.6 Å². The van der Waals surface area contributed by atoms with Crippen molar-refractivity contribution in [2.24, 2.45) is 0 Å². The standard InChI is InChI=1S/C7H3Br3O2/c8-3-1-4(9)6(7(11)12)5(10)2-3/h1-2H,(H,11,12)/p-1. The Morgan fingerprint density at radius 1 is 1.17 bits per heavy atom. The second-order valence-corrected chi connectivity index (χ2v) is 4.66. The van der Waals surface area contributed by atoms with Gasteiger partial charge in [0.2, 0.25) is 0 Å². The first-order valence-corrected chi connectivity index (χ1v) is 5.26. The van der Waals surface area contributed by atoms with Crippen LogP contribution in [0.25, 0.3) is 0 Å². The van der Waals surface area contributed by atoms with Gasteiger partial charge in [-0.2, -0.15) is 0 Å². The molecule has 0 aromatic heterocycles. The molecule has 0 heterocycles. The van der Waals surface area contributed by atoms with E-state index in [1.165, 1.54) is 0 Å². The lowest BCUT2D eigenvalue weighted by Crippen LogP contribution is -2.23. The van der Waals surface area contributed by atoms with E-state index in [0.29, 0.717) is 8.95 Å². The summed E-state index contributed by atoms with van der Waals surface area (Å²) in [6, 6.07) is 3.30. The molecule has 0 fully saturated rings. The lowest BCUT2D eigenvalue weighted by molar-refractivity contribution is -0.255. The van der Waals surface area contributed by atoms with Crippen LogP contribution in [-0.4, -0.2) is 5.97 Å². The molecule has 0 aliphatic carbocycles. The molecule has 0 aliphatic rings. The summed E-state index contributed by atoms with van der Waals surface area (Å²) in [4.78, 5) is 10.6. The molecule has 0 atom stereocenters. The minimum atomic E-state index is -1.21. The number of carboxylic acid groups (broad SMARTS) is 1. The second-order valence-electron chi connectivity index (χ2n) is 2.03. The molecule has 0 saturated heterocycles. The highest BCUT2D eigenvalue weighted by Gasteiger charge is 2.06. The van der Waals surface area contributed by atoms with Gasteiger partial charge in [-0.1, -0.05) is 47.8 Å². The Kier molecular flexibility index (Phi) is 3.31. The van der Waals surface area contributed by atoms with Crippen LogP contribution in [0.3, 0.4) is 0 Å². The first kappa shape index (κ1) is 10.2. The topological polar surface area (TPSA) is 40.1 Å². The first-order chi connectivity index (χ1) is 5.52. The smallest absolute Gasteiger partial charge is 0.0738 e. The molecule has 1 rings (SSSR count). The number of carboxylic acids is 1. The quantitative estimate of drug-likeness (QED) is 0.774. The molecule has 1 aromatic carbocycles. The van der Waals surface area contributed by atoms with Crippen molar-refractivity contribution in [3.05, 3.63) is 31.1 Å². The number of carbonyl (C=O) groups excluding carboxylic acids is 1. The van der Waals surface area contributed by atoms with Gasteiger partial charge in [0.25, 0.3) is 0 Å². The van der Waals surface area contributed by atoms with E-state index >= 15 is 0 Å². The fourth-order valence-electron chi connectivity index (χ4n) is 0.737. The highest BCUT2D eigenvalue weighted by atomic mass is 79.9. The maximum atomic E-state index is 10.6. The average molecular weight is 358 g/mol. The van der Waals surface area contributed by atoms with Crippen molar-refractivity contribution in [2.45, 2.75) is 0 Å². The Bertz CT molecular complexity index is 312. The maximum absolute atomic E-state index is 10.6. The summed E-state index contributed by atoms with van der Waals surface area (Å²) in [5.74, 6) is -1.21. The van der Waals surface area contributed by atoms with Crippen LogP contribution in [0.4, 0.5) is 0 Å². The van der Waals surface area contributed by atoms with E-state index < -0.39 is 5.97 Å². The molecule has 12 heavy (non-hydrogen) atoms. The zero-order valence-corrected chi connectivity index (χ0v) is 10.4. The van der Waals surface area contributed by atoms with Crippen LogP contribution in [-0.2, 0) is 0 Å². The van der Waals surface area contributed by atoms with Crippen molar-refractivity contribution in [1.29, 1.82) is 0 Å². The fourth-order valence-corrected chi connectivity index (χ4v) is 3.32. The summed E-state index contributed by atoms with van der Waals surface area (Å²) in [5, 5.41) is 10.6. The van der Waals surface area contributed by atoms with Crippen LogP contribution in [0.5, 0.6) is 0 Å². The summed E-state index contributed by atoms with van der Waals surface area (Å²) in [7, 11) is 0. The van der Waals surface area contributed by atoms with Crippen molar-refractivity contribution < 1.29 is 9.90 Å². The molecule has 0 N–H and O–H groups in total. The minimum absolute atomic E-state index is 0.123. The van der Waals surface area contributed by atoms with E-state index in [0.717, 1.165) is 4.47 Å². The van der Waals surface area contributed by atoms with E-state index in [1.807, 2.05) is 0 Å². The third-order valence-electron chi connectivity index (χ3n) is 1.21. The molecule has 2 nitrogen and oxygen atoms in total. The van der Waals surface area contributed by atoms with E-state index in [2.05, 4.69) is 47.8 Å². The van der Waals surface area contributed by atoms with Gasteiger partial charge in [-0.3, -0.25) is 0 Å². The largest absolute Gasteiger partial charge is 0.545 e. The molecule has 0 spiro atoms. The molecule has 0 amide bonds. The Morgan fingerprint density at radius 3 is 1.92 bits per heavy atom. The molecular formula is C7H2Br3O2-. The Morgan fingerprint density at radius 2 is 1.58 bits per heavy atom. The van der Waals surface area contributed by atoms with E-state index in [-0.39, 0.29) is 5.56 Å². The number of benzene rings is 1. The zero-order chi connectivity index (χ0) is 9.30. The third kappa shape index (κ3) is 2.08. The molecule has 0 radical (unpaired) electrons. The summed E-state index contributed by atoms with van der Waals surface area (Å²) < 4.78 is 1.78. The highest BCUT2D eigenvalue weighted by molar-refractivity contribution is 9.11. The SMILES string of the molecule is O=C([O-])c1c(Br)cc(Br)cc1Br. The van der Waals surface area contributed by atoms with Gasteiger partial charge >= 0.3 is 0 Å². The van der Waals surface area contributed by atoms with Crippen molar-refractivity contribution in [3.8, 4) is 0 Å². The van der Waals surface area contributed by atoms with Gasteiger partial charge in [-0.15, -0.1) is 0 Å². The fraction of sp³-hybridized carbons (Fsp3) is 0. The second kappa shape index (κ2) is 3.89. The van der Waals surface area contributed by atoms with Crippen molar-refractivity contribution in [1.82, 2.24) is 0 Å². The van der Waals surface area contributed by atoms with E-state index in [1.54, 1.807) is 12.1 Å². The third-order valence-corrected chi connectivity index (χ3v) is 2.92. The van der Waals surface area contributed by atoms with Gasteiger partial charge in [-0.05, 0) is 12.1 Å². The van der Waals surface area contributed by atoms with E-state index in [9.17, 15) is 9.90 Å². The van der Waals surface area contributed by atoms with Gasteiger partial charge < -0.3 is 9.90 Å². The lowest BCUT2D eigenvalue weighted by Gasteiger charge is -2.08. The molecule has 64 valence electrons. The summed E-state index contributed by atoms with van der Waals surface area (Å²) >= 11 is 9.46. The molecule has 5 heteroatoms. The van der Waals surface area contributed by atoms with Gasteiger partial charge in [0.1, 0.15) is 0 Å². The molecule has 0 saturated carbocycles. The van der Waals surface area contributed by atoms with Crippen LogP contribution in [0.2, 0.25) is 0 Å². The predicted molar refractivity (Wildman–Crippen MR) is 53.9 cm³/mol. The highest BCUT2D eigenvalue weighted by Crippen LogP contribution is 2.29. The molecule has 0 aliphatic heterocycles. The van der Waals surface area contributed by atoms with Crippen molar-refractivity contribution in [3.63, 3.8) is 0 Å². The van der Waals surface area contributed by atoms with Crippen molar-refractivity contribution >= 4 is 53.8 Å². The Balaban J connectivity index is 3.38. The Hall–Kier alpha value is 0.130. The van der Waals surface area contributed by atoms with Gasteiger partial charge in [0.05, 0.1) is 5.97 Å². The van der Waals surface area contributed by atoms with Crippen LogP contribution in [0.1, 0.15) is 10.4 Å². The van der Waals surface area contributed by atoms with Gasteiger partial charge in [0.15, 0.2) is 0 Å². The number of hydrogen-bond donors (Lipinski definition) is 0. The van der Waals surface area contributed by atoms with Crippen molar-refractivity contribution in [2.75, 3.05) is 0 Å². The molecular weight excluding hydrogens is 356 g/mol. The summed E-state index contributed by atoms with van der Waals surface area (Å²) in [5.41, 5.74) is 0.123. The summed E-state index contributed by atoms with van der Waals surface area (Å²) in [6.45, 7) is 0. The number of halogens is 3. The summed E-state index contributed by atoms with van der Waals surface area (Å²) in [6.07, 6.45) is 0. The maximum Gasteiger partial charge on any atom is 0.0738 e. The first-order valence-electron chi connectivity index (χ1n) is 2.88. The Labute approximate surface area is 94.4 Å². The average Bonchev–Trinajstić information content (AvgIpc) is 1.82. The van der Waals surface area contributed by atoms with E-state index in [4.69, 9.17) is 0 Å². The normalized spacial score (nSPS) is 9.92. The van der Waals surface area contributed by atoms with Crippen LogP contribution < -0.4 is 5.11 Å². The minimum Gasteiger partial charge on any atom is -0.545 e. The molecule has 0 bridgehead atoms.